The van der Waals surface area contributed by atoms with E-state index in [-0.39, 0.29) is 24.4 Å². The van der Waals surface area contributed by atoms with Crippen LogP contribution >= 0.6 is 24.2 Å². The first-order valence-electron chi connectivity index (χ1n) is 6.58. The highest BCUT2D eigenvalue weighted by Crippen LogP contribution is 2.37. The lowest BCUT2D eigenvalue weighted by Gasteiger charge is -2.19. The van der Waals surface area contributed by atoms with E-state index in [2.05, 4.69) is 10.1 Å². The fraction of sp³-hybridized carbons (Fsp3) is 0.750. The molecule has 6 nitrogen and oxygen atoms in total. The molecule has 0 spiro atoms. The summed E-state index contributed by atoms with van der Waals surface area (Å²) in [5.74, 6) is 2.65. The van der Waals surface area contributed by atoms with Gasteiger partial charge in [-0.2, -0.15) is 4.98 Å². The van der Waals surface area contributed by atoms with Crippen molar-refractivity contribution in [2.24, 2.45) is 5.73 Å². The van der Waals surface area contributed by atoms with E-state index >= 15 is 0 Å². The molecule has 112 valence electrons. The predicted octanol–water partition coefficient (Wildman–Crippen LogP) is 1.81. The summed E-state index contributed by atoms with van der Waals surface area (Å²) >= 11 is 1.70. The Bertz CT molecular complexity index is 490. The second-order valence-corrected chi connectivity index (χ2v) is 6.32. The Labute approximate surface area is 128 Å². The van der Waals surface area contributed by atoms with Crippen molar-refractivity contribution in [3.05, 3.63) is 11.7 Å². The first kappa shape index (κ1) is 15.6. The van der Waals surface area contributed by atoms with E-state index in [0.717, 1.165) is 31.4 Å². The summed E-state index contributed by atoms with van der Waals surface area (Å²) in [7, 11) is 0. The number of hydrogen-bond acceptors (Lipinski definition) is 6. The molecular weight excluding hydrogens is 300 g/mol. The molecule has 1 aliphatic carbocycles. The first-order chi connectivity index (χ1) is 9.10. The van der Waals surface area contributed by atoms with Gasteiger partial charge < -0.3 is 15.2 Å². The van der Waals surface area contributed by atoms with Gasteiger partial charge in [0.1, 0.15) is 6.04 Å². The molecule has 1 atom stereocenters. The standard InChI is InChI=1S/C12H18N4O2S.ClH/c1-8(17)16-7-19-6-9(16)10-14-11(15-18-10)12(13)4-2-3-5-12;/h9H,2-7,13H2,1H3;1H. The minimum Gasteiger partial charge on any atom is -0.337 e. The van der Waals surface area contributed by atoms with E-state index in [4.69, 9.17) is 10.3 Å². The van der Waals surface area contributed by atoms with Crippen molar-refractivity contribution in [3.8, 4) is 0 Å². The molecule has 2 aliphatic rings. The average molecular weight is 319 g/mol. The molecule has 20 heavy (non-hydrogen) atoms. The molecule has 1 saturated carbocycles. The molecule has 1 aromatic rings. The van der Waals surface area contributed by atoms with E-state index in [9.17, 15) is 4.79 Å². The number of rotatable bonds is 2. The molecule has 1 amide bonds. The third-order valence-corrected chi connectivity index (χ3v) is 4.97. The zero-order valence-corrected chi connectivity index (χ0v) is 13.0. The van der Waals surface area contributed by atoms with Crippen molar-refractivity contribution in [2.75, 3.05) is 11.6 Å². The maximum Gasteiger partial charge on any atom is 0.250 e. The van der Waals surface area contributed by atoms with Crippen LogP contribution in [0.5, 0.6) is 0 Å². The van der Waals surface area contributed by atoms with Crippen LogP contribution in [0.4, 0.5) is 0 Å². The Morgan fingerprint density at radius 1 is 1.50 bits per heavy atom. The number of hydrogen-bond donors (Lipinski definition) is 1. The summed E-state index contributed by atoms with van der Waals surface area (Å²) in [6.07, 6.45) is 4.03. The van der Waals surface area contributed by atoms with E-state index in [0.29, 0.717) is 17.6 Å². The zero-order valence-electron chi connectivity index (χ0n) is 11.4. The van der Waals surface area contributed by atoms with Gasteiger partial charge in [0.2, 0.25) is 11.8 Å². The molecule has 0 bridgehead atoms. The Kier molecular flexibility index (Phi) is 4.61. The molecule has 1 aliphatic heterocycles. The minimum absolute atomic E-state index is 0. The smallest absolute Gasteiger partial charge is 0.250 e. The van der Waals surface area contributed by atoms with Crippen molar-refractivity contribution in [3.63, 3.8) is 0 Å². The summed E-state index contributed by atoms with van der Waals surface area (Å²) in [6.45, 7) is 1.57. The molecule has 1 saturated heterocycles. The van der Waals surface area contributed by atoms with E-state index in [1.54, 1.807) is 23.6 Å². The topological polar surface area (TPSA) is 85.2 Å². The fourth-order valence-electron chi connectivity index (χ4n) is 2.76. The molecule has 2 N–H and O–H groups in total. The van der Waals surface area contributed by atoms with E-state index < -0.39 is 5.54 Å². The fourth-order valence-corrected chi connectivity index (χ4v) is 3.97. The van der Waals surface area contributed by atoms with Crippen molar-refractivity contribution >= 4 is 30.1 Å². The maximum atomic E-state index is 11.6. The number of halogens is 1. The quantitative estimate of drug-likeness (QED) is 0.895. The lowest BCUT2D eigenvalue weighted by molar-refractivity contribution is -0.129. The van der Waals surface area contributed by atoms with Crippen LogP contribution in [0.25, 0.3) is 0 Å². The van der Waals surface area contributed by atoms with Crippen LogP contribution in [0.3, 0.4) is 0 Å². The summed E-state index contributed by atoms with van der Waals surface area (Å²) in [4.78, 5) is 17.8. The second kappa shape index (κ2) is 5.91. The third kappa shape index (κ3) is 2.66. The molecule has 1 aromatic heterocycles. The molecule has 2 heterocycles. The van der Waals surface area contributed by atoms with Crippen molar-refractivity contribution in [1.82, 2.24) is 15.0 Å². The Morgan fingerprint density at radius 3 is 2.85 bits per heavy atom. The van der Waals surface area contributed by atoms with Gasteiger partial charge in [-0.15, -0.1) is 24.2 Å². The number of thioether (sulfide) groups is 1. The molecule has 8 heteroatoms. The Morgan fingerprint density at radius 2 is 2.20 bits per heavy atom. The van der Waals surface area contributed by atoms with Gasteiger partial charge in [0, 0.05) is 12.7 Å². The van der Waals surface area contributed by atoms with Gasteiger partial charge in [0.15, 0.2) is 5.82 Å². The van der Waals surface area contributed by atoms with Crippen LogP contribution in [0, 0.1) is 0 Å². The number of carbonyl (C=O) groups excluding carboxylic acids is 1. The number of nitrogens with two attached hydrogens (primary N) is 1. The van der Waals surface area contributed by atoms with Crippen molar-refractivity contribution < 1.29 is 9.32 Å². The SMILES string of the molecule is CC(=O)N1CSCC1c1nc(C2(N)CCCC2)no1.Cl. The Hall–Kier alpha value is -0.790. The van der Waals surface area contributed by atoms with Crippen LogP contribution in [-0.4, -0.2) is 32.6 Å². The van der Waals surface area contributed by atoms with Crippen molar-refractivity contribution in [2.45, 2.75) is 44.2 Å². The third-order valence-electron chi connectivity index (χ3n) is 3.95. The van der Waals surface area contributed by atoms with Crippen LogP contribution in [0.15, 0.2) is 4.52 Å². The van der Waals surface area contributed by atoms with Crippen LogP contribution in [0.1, 0.15) is 50.4 Å². The highest BCUT2D eigenvalue weighted by atomic mass is 35.5. The maximum absolute atomic E-state index is 11.6. The van der Waals surface area contributed by atoms with Gasteiger partial charge >= 0.3 is 0 Å². The van der Waals surface area contributed by atoms with Gasteiger partial charge in [0.05, 0.1) is 11.4 Å². The number of carbonyl (C=O) groups is 1. The van der Waals surface area contributed by atoms with Crippen LogP contribution in [0.2, 0.25) is 0 Å². The van der Waals surface area contributed by atoms with Gasteiger partial charge in [-0.1, -0.05) is 18.0 Å². The molecule has 1 unspecified atom stereocenters. The summed E-state index contributed by atoms with van der Waals surface area (Å²) in [5.41, 5.74) is 5.88. The molecule has 2 fully saturated rings. The number of nitrogens with zero attached hydrogens (tertiary/aromatic N) is 3. The molecule has 0 radical (unpaired) electrons. The summed E-state index contributed by atoms with van der Waals surface area (Å²) in [5, 5.41) is 4.05. The molecular formula is C12H19ClN4O2S. The monoisotopic (exact) mass is 318 g/mol. The van der Waals surface area contributed by atoms with Gasteiger partial charge in [-0.05, 0) is 12.8 Å². The average Bonchev–Trinajstić information content (AvgIpc) is 3.08. The summed E-state index contributed by atoms with van der Waals surface area (Å²) in [6, 6.07) is -0.103. The normalized spacial score (nSPS) is 24.7. The predicted molar refractivity (Wildman–Crippen MR) is 78.5 cm³/mol. The van der Waals surface area contributed by atoms with Gasteiger partial charge in [-0.3, -0.25) is 4.79 Å². The van der Waals surface area contributed by atoms with Gasteiger partial charge in [-0.25, -0.2) is 0 Å². The lowest BCUT2D eigenvalue weighted by atomic mass is 9.99. The molecule has 0 aromatic carbocycles. The highest BCUT2D eigenvalue weighted by Gasteiger charge is 2.38. The van der Waals surface area contributed by atoms with E-state index in [1.807, 2.05) is 0 Å². The first-order valence-corrected chi connectivity index (χ1v) is 7.73. The van der Waals surface area contributed by atoms with Crippen LogP contribution < -0.4 is 5.73 Å². The minimum atomic E-state index is -0.436. The number of aromatic nitrogens is 2. The Balaban J connectivity index is 0.00000147. The second-order valence-electron chi connectivity index (χ2n) is 5.32. The van der Waals surface area contributed by atoms with Crippen molar-refractivity contribution in [1.29, 1.82) is 0 Å². The molecule has 3 rings (SSSR count). The van der Waals surface area contributed by atoms with Crippen LogP contribution in [-0.2, 0) is 10.3 Å². The van der Waals surface area contributed by atoms with E-state index in [1.165, 1.54) is 0 Å². The number of amides is 1. The van der Waals surface area contributed by atoms with Gasteiger partial charge in [0.25, 0.3) is 0 Å². The summed E-state index contributed by atoms with van der Waals surface area (Å²) < 4.78 is 5.36. The lowest BCUT2D eigenvalue weighted by Crippen LogP contribution is -2.34. The zero-order chi connectivity index (χ0) is 13.5. The largest absolute Gasteiger partial charge is 0.337 e. The highest BCUT2D eigenvalue weighted by molar-refractivity contribution is 7.99.